The molecule has 1 aromatic carbocycles. The summed E-state index contributed by atoms with van der Waals surface area (Å²) < 4.78 is 6.93. The Morgan fingerprint density at radius 1 is 1.42 bits per heavy atom. The predicted molar refractivity (Wildman–Crippen MR) is 72.7 cm³/mol. The number of hydrogen-bond donors (Lipinski definition) is 1. The molecule has 19 heavy (non-hydrogen) atoms. The molecule has 0 saturated heterocycles. The molecule has 7 heteroatoms. The molecule has 1 N–H and O–H groups in total. The topological polar surface area (TPSA) is 64.9 Å². The van der Waals surface area contributed by atoms with E-state index in [2.05, 4.69) is 34.7 Å². The maximum atomic E-state index is 6.02. The average Bonchev–Trinajstić information content (AvgIpc) is 2.84. The Bertz CT molecular complexity index is 555. The van der Waals surface area contributed by atoms with Crippen LogP contribution in [-0.2, 0) is 6.54 Å². The average molecular weight is 282 g/mol. The van der Waals surface area contributed by atoms with Gasteiger partial charge in [-0.05, 0) is 28.6 Å². The number of rotatable bonds is 5. The molecule has 0 atom stereocenters. The van der Waals surface area contributed by atoms with Crippen LogP contribution >= 0.6 is 11.6 Å². The van der Waals surface area contributed by atoms with Crippen LogP contribution in [0.4, 0.5) is 0 Å². The van der Waals surface area contributed by atoms with Crippen molar-refractivity contribution in [1.29, 1.82) is 0 Å². The SMILES string of the molecule is COc1ccc(Cl)cc1-n1nnnc1CNC(C)C. The lowest BCUT2D eigenvalue weighted by Crippen LogP contribution is -2.24. The van der Waals surface area contributed by atoms with E-state index < -0.39 is 0 Å². The van der Waals surface area contributed by atoms with E-state index in [0.29, 0.717) is 29.2 Å². The van der Waals surface area contributed by atoms with E-state index in [1.54, 1.807) is 30.0 Å². The zero-order valence-corrected chi connectivity index (χ0v) is 11.8. The predicted octanol–water partition coefficient (Wildman–Crippen LogP) is 1.82. The summed E-state index contributed by atoms with van der Waals surface area (Å²) in [6.07, 6.45) is 0. The van der Waals surface area contributed by atoms with Crippen molar-refractivity contribution in [3.8, 4) is 11.4 Å². The van der Waals surface area contributed by atoms with Crippen molar-refractivity contribution in [3.05, 3.63) is 29.0 Å². The molecule has 0 spiro atoms. The molecule has 0 radical (unpaired) electrons. The molecule has 2 aromatic rings. The van der Waals surface area contributed by atoms with Crippen molar-refractivity contribution >= 4 is 11.6 Å². The smallest absolute Gasteiger partial charge is 0.170 e. The van der Waals surface area contributed by atoms with Crippen LogP contribution < -0.4 is 10.1 Å². The molecule has 0 bridgehead atoms. The molecule has 6 nitrogen and oxygen atoms in total. The molecule has 0 aliphatic rings. The highest BCUT2D eigenvalue weighted by atomic mass is 35.5. The first-order valence-corrected chi connectivity index (χ1v) is 6.34. The fraction of sp³-hybridized carbons (Fsp3) is 0.417. The van der Waals surface area contributed by atoms with Gasteiger partial charge in [-0.25, -0.2) is 0 Å². The lowest BCUT2D eigenvalue weighted by Gasteiger charge is -2.11. The van der Waals surface area contributed by atoms with Crippen LogP contribution in [0.1, 0.15) is 19.7 Å². The van der Waals surface area contributed by atoms with Crippen molar-refractivity contribution in [2.75, 3.05) is 7.11 Å². The van der Waals surface area contributed by atoms with Gasteiger partial charge in [0.2, 0.25) is 0 Å². The zero-order valence-electron chi connectivity index (χ0n) is 11.1. The second kappa shape index (κ2) is 5.99. The number of ether oxygens (including phenoxy) is 1. The molecule has 1 heterocycles. The van der Waals surface area contributed by atoms with Gasteiger partial charge in [-0.1, -0.05) is 25.4 Å². The molecule has 0 amide bonds. The summed E-state index contributed by atoms with van der Waals surface area (Å²) in [5.41, 5.74) is 0.723. The van der Waals surface area contributed by atoms with Crippen LogP contribution in [0.25, 0.3) is 5.69 Å². The Morgan fingerprint density at radius 3 is 2.89 bits per heavy atom. The minimum atomic E-state index is 0.353. The van der Waals surface area contributed by atoms with Gasteiger partial charge in [0.05, 0.1) is 13.7 Å². The standard InChI is InChI=1S/C12H16ClN5O/c1-8(2)14-7-12-15-16-17-18(12)10-6-9(13)4-5-11(10)19-3/h4-6,8,14H,7H2,1-3H3. The van der Waals surface area contributed by atoms with Crippen molar-refractivity contribution in [3.63, 3.8) is 0 Å². The van der Waals surface area contributed by atoms with Crippen molar-refractivity contribution in [2.45, 2.75) is 26.4 Å². The molecular weight excluding hydrogens is 266 g/mol. The third-order valence-corrected chi connectivity index (χ3v) is 2.81. The summed E-state index contributed by atoms with van der Waals surface area (Å²) in [7, 11) is 1.60. The van der Waals surface area contributed by atoms with E-state index >= 15 is 0 Å². The molecule has 2 rings (SSSR count). The summed E-state index contributed by atoms with van der Waals surface area (Å²) in [4.78, 5) is 0. The van der Waals surface area contributed by atoms with E-state index in [9.17, 15) is 0 Å². The highest BCUT2D eigenvalue weighted by Gasteiger charge is 2.13. The molecule has 1 aromatic heterocycles. The van der Waals surface area contributed by atoms with Gasteiger partial charge in [-0.2, -0.15) is 4.68 Å². The molecule has 0 unspecified atom stereocenters. The van der Waals surface area contributed by atoms with Crippen molar-refractivity contribution in [1.82, 2.24) is 25.5 Å². The summed E-state index contributed by atoms with van der Waals surface area (Å²) in [6, 6.07) is 5.68. The molecule has 0 aliphatic heterocycles. The number of aromatic nitrogens is 4. The maximum absolute atomic E-state index is 6.02. The van der Waals surface area contributed by atoms with E-state index in [-0.39, 0.29) is 0 Å². The number of tetrazole rings is 1. The Balaban J connectivity index is 2.36. The molecule has 0 fully saturated rings. The first-order valence-electron chi connectivity index (χ1n) is 5.96. The van der Waals surface area contributed by atoms with Crippen LogP contribution in [0.2, 0.25) is 5.02 Å². The van der Waals surface area contributed by atoms with Gasteiger partial charge in [-0.3, -0.25) is 0 Å². The van der Waals surface area contributed by atoms with Gasteiger partial charge >= 0.3 is 0 Å². The first kappa shape index (κ1) is 13.8. The van der Waals surface area contributed by atoms with Gasteiger partial charge in [-0.15, -0.1) is 5.10 Å². The van der Waals surface area contributed by atoms with E-state index in [4.69, 9.17) is 16.3 Å². The fourth-order valence-corrected chi connectivity index (χ4v) is 1.79. The highest BCUT2D eigenvalue weighted by Crippen LogP contribution is 2.26. The molecule has 0 saturated carbocycles. The van der Waals surface area contributed by atoms with Crippen molar-refractivity contribution in [2.24, 2.45) is 0 Å². The minimum absolute atomic E-state index is 0.353. The van der Waals surface area contributed by atoms with Crippen LogP contribution in [-0.4, -0.2) is 33.4 Å². The Hall–Kier alpha value is -1.66. The number of halogens is 1. The Morgan fingerprint density at radius 2 is 2.21 bits per heavy atom. The molecule has 0 aliphatic carbocycles. The normalized spacial score (nSPS) is 11.0. The molecular formula is C12H16ClN5O. The zero-order chi connectivity index (χ0) is 13.8. The Labute approximate surface area is 116 Å². The van der Waals surface area contributed by atoms with E-state index in [0.717, 1.165) is 5.69 Å². The highest BCUT2D eigenvalue weighted by molar-refractivity contribution is 6.30. The van der Waals surface area contributed by atoms with Gasteiger partial charge in [0.25, 0.3) is 0 Å². The number of methoxy groups -OCH3 is 1. The number of benzene rings is 1. The van der Waals surface area contributed by atoms with Crippen molar-refractivity contribution < 1.29 is 4.74 Å². The number of nitrogens with zero attached hydrogens (tertiary/aromatic N) is 4. The third-order valence-electron chi connectivity index (χ3n) is 2.57. The second-order valence-electron chi connectivity index (χ2n) is 4.36. The van der Waals surface area contributed by atoms with E-state index in [1.165, 1.54) is 0 Å². The quantitative estimate of drug-likeness (QED) is 0.906. The summed E-state index contributed by atoms with van der Waals surface area (Å²) in [5, 5.41) is 15.6. The maximum Gasteiger partial charge on any atom is 0.170 e. The van der Waals surface area contributed by atoms with Crippen LogP contribution in [0.15, 0.2) is 18.2 Å². The Kier molecular flexibility index (Phi) is 4.34. The van der Waals surface area contributed by atoms with Crippen LogP contribution in [0.5, 0.6) is 5.75 Å². The monoisotopic (exact) mass is 281 g/mol. The lowest BCUT2D eigenvalue weighted by molar-refractivity contribution is 0.410. The van der Waals surface area contributed by atoms with Gasteiger partial charge in [0.15, 0.2) is 5.82 Å². The van der Waals surface area contributed by atoms with Crippen LogP contribution in [0.3, 0.4) is 0 Å². The molecule has 102 valence electrons. The summed E-state index contributed by atoms with van der Waals surface area (Å²) in [6.45, 7) is 4.70. The summed E-state index contributed by atoms with van der Waals surface area (Å²) >= 11 is 6.02. The summed E-state index contributed by atoms with van der Waals surface area (Å²) in [5.74, 6) is 1.37. The van der Waals surface area contributed by atoms with Crippen LogP contribution in [0, 0.1) is 0 Å². The lowest BCUT2D eigenvalue weighted by atomic mass is 10.3. The third kappa shape index (κ3) is 3.21. The van der Waals surface area contributed by atoms with E-state index in [1.807, 2.05) is 0 Å². The number of hydrogen-bond acceptors (Lipinski definition) is 5. The second-order valence-corrected chi connectivity index (χ2v) is 4.80. The van der Waals surface area contributed by atoms with Gasteiger partial charge < -0.3 is 10.1 Å². The fourth-order valence-electron chi connectivity index (χ4n) is 1.63. The minimum Gasteiger partial charge on any atom is -0.494 e. The van der Waals surface area contributed by atoms with Gasteiger partial charge in [0, 0.05) is 11.1 Å². The van der Waals surface area contributed by atoms with Gasteiger partial charge in [0.1, 0.15) is 11.4 Å². The largest absolute Gasteiger partial charge is 0.494 e. The number of nitrogens with one attached hydrogen (secondary N) is 1. The first-order chi connectivity index (χ1) is 9.11.